The quantitative estimate of drug-likeness (QED) is 0.748. The SMILES string of the molecule is C[C@H](CO)OC1CCCCC1CC[C@H](C)NC(=O)OC(C)(C)C. The molecule has 0 aromatic heterocycles. The van der Waals surface area contributed by atoms with Crippen molar-refractivity contribution in [3.05, 3.63) is 0 Å². The monoisotopic (exact) mass is 329 g/mol. The lowest BCUT2D eigenvalue weighted by Crippen LogP contribution is -2.38. The van der Waals surface area contributed by atoms with Gasteiger partial charge < -0.3 is 19.9 Å². The number of ether oxygens (including phenoxy) is 2. The highest BCUT2D eigenvalue weighted by molar-refractivity contribution is 5.67. The summed E-state index contributed by atoms with van der Waals surface area (Å²) in [4.78, 5) is 11.8. The Kier molecular flexibility index (Phi) is 8.34. The Labute approximate surface area is 141 Å². The van der Waals surface area contributed by atoms with Crippen molar-refractivity contribution in [1.82, 2.24) is 5.32 Å². The molecule has 1 aliphatic rings. The lowest BCUT2D eigenvalue weighted by Gasteiger charge is -2.34. The molecule has 1 aliphatic carbocycles. The van der Waals surface area contributed by atoms with Crippen molar-refractivity contribution < 1.29 is 19.4 Å². The van der Waals surface area contributed by atoms with E-state index in [4.69, 9.17) is 9.47 Å². The molecule has 5 heteroatoms. The van der Waals surface area contributed by atoms with Crippen LogP contribution < -0.4 is 5.32 Å². The van der Waals surface area contributed by atoms with Crippen LogP contribution in [0.25, 0.3) is 0 Å². The summed E-state index contributed by atoms with van der Waals surface area (Å²) in [6, 6.07) is 0.0858. The number of hydrogen-bond donors (Lipinski definition) is 2. The van der Waals surface area contributed by atoms with Crippen molar-refractivity contribution in [2.45, 2.75) is 97.0 Å². The van der Waals surface area contributed by atoms with Crippen molar-refractivity contribution in [2.75, 3.05) is 6.61 Å². The van der Waals surface area contributed by atoms with Crippen LogP contribution in [0.4, 0.5) is 4.79 Å². The van der Waals surface area contributed by atoms with Gasteiger partial charge in [0.05, 0.1) is 18.8 Å². The van der Waals surface area contributed by atoms with Crippen LogP contribution in [0.15, 0.2) is 0 Å². The number of rotatable bonds is 7. The maximum atomic E-state index is 11.8. The Bertz CT molecular complexity index is 353. The van der Waals surface area contributed by atoms with Crippen molar-refractivity contribution in [3.8, 4) is 0 Å². The summed E-state index contributed by atoms with van der Waals surface area (Å²) < 4.78 is 11.3. The van der Waals surface area contributed by atoms with E-state index in [1.165, 1.54) is 19.3 Å². The normalized spacial score (nSPS) is 24.8. The highest BCUT2D eigenvalue weighted by Crippen LogP contribution is 2.31. The molecule has 0 saturated heterocycles. The van der Waals surface area contributed by atoms with E-state index in [9.17, 15) is 9.90 Å². The molecule has 23 heavy (non-hydrogen) atoms. The third kappa shape index (κ3) is 8.56. The minimum atomic E-state index is -0.466. The first kappa shape index (κ1) is 20.2. The zero-order valence-electron chi connectivity index (χ0n) is 15.4. The van der Waals surface area contributed by atoms with Gasteiger partial charge in [-0.1, -0.05) is 12.8 Å². The van der Waals surface area contributed by atoms with Crippen molar-refractivity contribution in [3.63, 3.8) is 0 Å². The maximum Gasteiger partial charge on any atom is 0.407 e. The van der Waals surface area contributed by atoms with E-state index in [1.54, 1.807) is 0 Å². The Morgan fingerprint density at radius 2 is 1.91 bits per heavy atom. The molecule has 4 atom stereocenters. The fourth-order valence-electron chi connectivity index (χ4n) is 3.07. The van der Waals surface area contributed by atoms with E-state index >= 15 is 0 Å². The van der Waals surface area contributed by atoms with Crippen molar-refractivity contribution in [1.29, 1.82) is 0 Å². The molecule has 2 N–H and O–H groups in total. The summed E-state index contributed by atoms with van der Waals surface area (Å²) >= 11 is 0. The molecule has 1 saturated carbocycles. The second-order valence-corrected chi connectivity index (χ2v) is 7.84. The number of carbonyl (C=O) groups excluding carboxylic acids is 1. The van der Waals surface area contributed by atoms with Gasteiger partial charge >= 0.3 is 6.09 Å². The van der Waals surface area contributed by atoms with Crippen LogP contribution in [0.1, 0.15) is 73.1 Å². The first-order valence-electron chi connectivity index (χ1n) is 8.97. The first-order valence-corrected chi connectivity index (χ1v) is 8.97. The lowest BCUT2D eigenvalue weighted by atomic mass is 9.82. The fraction of sp³-hybridized carbons (Fsp3) is 0.944. The lowest BCUT2D eigenvalue weighted by molar-refractivity contribution is -0.0724. The molecule has 1 amide bonds. The molecule has 0 aliphatic heterocycles. The van der Waals surface area contributed by atoms with Gasteiger partial charge in [-0.15, -0.1) is 0 Å². The second kappa shape index (κ2) is 9.48. The van der Waals surface area contributed by atoms with Crippen LogP contribution in [0.3, 0.4) is 0 Å². The number of aliphatic hydroxyl groups excluding tert-OH is 1. The molecule has 136 valence electrons. The highest BCUT2D eigenvalue weighted by Gasteiger charge is 2.27. The third-order valence-corrected chi connectivity index (χ3v) is 4.24. The molecule has 0 aromatic rings. The number of hydrogen-bond acceptors (Lipinski definition) is 4. The van der Waals surface area contributed by atoms with Gasteiger partial charge in [0.1, 0.15) is 5.60 Å². The van der Waals surface area contributed by atoms with Gasteiger partial charge in [0, 0.05) is 6.04 Å². The molecule has 0 aromatic carbocycles. The van der Waals surface area contributed by atoms with Gasteiger partial charge in [0.15, 0.2) is 0 Å². The standard InChI is InChI=1S/C18H35NO4/c1-13(19-17(21)23-18(3,4)5)10-11-15-8-6-7-9-16(15)22-14(2)12-20/h13-16,20H,6-12H2,1-5H3,(H,19,21)/t13-,14+,15?,16?/m0/s1. The minimum absolute atomic E-state index is 0.0693. The van der Waals surface area contributed by atoms with E-state index in [-0.39, 0.29) is 30.9 Å². The third-order valence-electron chi connectivity index (χ3n) is 4.24. The van der Waals surface area contributed by atoms with E-state index in [1.807, 2.05) is 34.6 Å². The van der Waals surface area contributed by atoms with Gasteiger partial charge in [-0.2, -0.15) is 0 Å². The molecular weight excluding hydrogens is 294 g/mol. The Morgan fingerprint density at radius 1 is 1.26 bits per heavy atom. The van der Waals surface area contributed by atoms with E-state index in [0.29, 0.717) is 5.92 Å². The molecule has 0 spiro atoms. The van der Waals surface area contributed by atoms with Crippen molar-refractivity contribution >= 4 is 6.09 Å². The minimum Gasteiger partial charge on any atom is -0.444 e. The van der Waals surface area contributed by atoms with Crippen molar-refractivity contribution in [2.24, 2.45) is 5.92 Å². The first-order chi connectivity index (χ1) is 10.7. The van der Waals surface area contributed by atoms with E-state index in [0.717, 1.165) is 19.3 Å². The number of amides is 1. The summed E-state index contributed by atoms with van der Waals surface area (Å²) in [5, 5.41) is 12.1. The number of aliphatic hydroxyl groups is 1. The van der Waals surface area contributed by atoms with Gasteiger partial charge in [0.2, 0.25) is 0 Å². The topological polar surface area (TPSA) is 67.8 Å². The van der Waals surface area contributed by atoms with Crippen LogP contribution in [-0.2, 0) is 9.47 Å². The maximum absolute atomic E-state index is 11.8. The number of alkyl carbamates (subject to hydrolysis) is 1. The molecule has 0 radical (unpaired) electrons. The zero-order chi connectivity index (χ0) is 17.5. The zero-order valence-corrected chi connectivity index (χ0v) is 15.4. The summed E-state index contributed by atoms with van der Waals surface area (Å²) in [7, 11) is 0. The van der Waals surface area contributed by atoms with Gasteiger partial charge in [0.25, 0.3) is 0 Å². The number of carbonyl (C=O) groups is 1. The average molecular weight is 329 g/mol. The van der Waals surface area contributed by atoms with Crippen LogP contribution in [0.2, 0.25) is 0 Å². The number of nitrogens with one attached hydrogen (secondary N) is 1. The van der Waals surface area contributed by atoms with Gasteiger partial charge in [-0.05, 0) is 66.2 Å². The molecule has 0 bridgehead atoms. The smallest absolute Gasteiger partial charge is 0.407 e. The van der Waals surface area contributed by atoms with E-state index in [2.05, 4.69) is 5.32 Å². The molecule has 1 fully saturated rings. The Balaban J connectivity index is 2.37. The summed E-state index contributed by atoms with van der Waals surface area (Å²) in [6.07, 6.45) is 6.41. The Morgan fingerprint density at radius 3 is 2.52 bits per heavy atom. The van der Waals surface area contributed by atoms with Crippen LogP contribution in [0.5, 0.6) is 0 Å². The highest BCUT2D eigenvalue weighted by atomic mass is 16.6. The molecule has 1 rings (SSSR count). The second-order valence-electron chi connectivity index (χ2n) is 7.84. The van der Waals surface area contributed by atoms with Crippen LogP contribution in [-0.4, -0.2) is 41.7 Å². The Hall–Kier alpha value is -0.810. The van der Waals surface area contributed by atoms with Crippen LogP contribution in [0, 0.1) is 5.92 Å². The predicted molar refractivity (Wildman–Crippen MR) is 91.4 cm³/mol. The largest absolute Gasteiger partial charge is 0.444 e. The fourth-order valence-corrected chi connectivity index (χ4v) is 3.07. The molecule has 0 heterocycles. The molecule has 2 unspecified atom stereocenters. The predicted octanol–water partition coefficient (Wildman–Crippen LogP) is 3.64. The summed E-state index contributed by atoms with van der Waals surface area (Å²) in [5.74, 6) is 0.514. The molecule has 5 nitrogen and oxygen atoms in total. The average Bonchev–Trinajstić information content (AvgIpc) is 2.44. The van der Waals surface area contributed by atoms with Crippen LogP contribution >= 0.6 is 0 Å². The summed E-state index contributed by atoms with van der Waals surface area (Å²) in [6.45, 7) is 9.59. The van der Waals surface area contributed by atoms with E-state index < -0.39 is 5.60 Å². The molecular formula is C18H35NO4. The summed E-state index contributed by atoms with van der Waals surface area (Å²) in [5.41, 5.74) is -0.466. The van der Waals surface area contributed by atoms with Gasteiger partial charge in [-0.25, -0.2) is 4.79 Å². The van der Waals surface area contributed by atoms with Gasteiger partial charge in [-0.3, -0.25) is 0 Å².